The van der Waals surface area contributed by atoms with Crippen molar-refractivity contribution < 1.29 is 9.53 Å². The van der Waals surface area contributed by atoms with Crippen LogP contribution in [-0.2, 0) is 12.8 Å². The van der Waals surface area contributed by atoms with Gasteiger partial charge in [0, 0.05) is 12.0 Å². The van der Waals surface area contributed by atoms with Gasteiger partial charge in [0.15, 0.2) is 5.78 Å². The Labute approximate surface area is 120 Å². The van der Waals surface area contributed by atoms with Gasteiger partial charge in [-0.1, -0.05) is 37.6 Å². The highest BCUT2D eigenvalue weighted by molar-refractivity contribution is 5.97. The summed E-state index contributed by atoms with van der Waals surface area (Å²) in [4.78, 5) is 12.2. The maximum absolute atomic E-state index is 12.2. The fourth-order valence-corrected chi connectivity index (χ4v) is 2.18. The fraction of sp³-hybridized carbons (Fsp3) is 0.278. The lowest BCUT2D eigenvalue weighted by molar-refractivity contribution is 0.0993. The van der Waals surface area contributed by atoms with Crippen molar-refractivity contribution in [1.82, 2.24) is 0 Å². The van der Waals surface area contributed by atoms with Crippen LogP contribution in [0.25, 0.3) is 0 Å². The predicted molar refractivity (Wildman–Crippen MR) is 81.5 cm³/mol. The molecule has 2 rings (SSSR count). The third kappa shape index (κ3) is 3.70. The molecule has 0 aliphatic rings. The van der Waals surface area contributed by atoms with E-state index in [4.69, 9.17) is 4.74 Å². The van der Waals surface area contributed by atoms with Gasteiger partial charge in [-0.2, -0.15) is 0 Å². The number of ketones is 1. The van der Waals surface area contributed by atoms with Gasteiger partial charge in [-0.3, -0.25) is 4.79 Å². The molecule has 2 aromatic carbocycles. The third-order valence-corrected chi connectivity index (χ3v) is 3.34. The van der Waals surface area contributed by atoms with Gasteiger partial charge in [-0.05, 0) is 41.8 Å². The molecule has 2 aromatic rings. The number of ether oxygens (including phenoxy) is 1. The van der Waals surface area contributed by atoms with Crippen molar-refractivity contribution in [2.24, 2.45) is 0 Å². The van der Waals surface area contributed by atoms with Gasteiger partial charge in [0.05, 0.1) is 7.11 Å². The molecule has 0 N–H and O–H groups in total. The van der Waals surface area contributed by atoms with Gasteiger partial charge >= 0.3 is 0 Å². The molecule has 0 unspecified atom stereocenters. The Bertz CT molecular complexity index is 553. The molecular formula is C18H20O2. The minimum atomic E-state index is 0.135. The number of benzene rings is 2. The molecule has 104 valence electrons. The van der Waals surface area contributed by atoms with Gasteiger partial charge in [0.1, 0.15) is 5.75 Å². The summed E-state index contributed by atoms with van der Waals surface area (Å²) in [6.07, 6.45) is 2.68. The molecule has 0 spiro atoms. The highest BCUT2D eigenvalue weighted by Gasteiger charge is 2.07. The van der Waals surface area contributed by atoms with Crippen LogP contribution in [0.5, 0.6) is 5.75 Å². The predicted octanol–water partition coefficient (Wildman–Crippen LogP) is 4.07. The second-order valence-corrected chi connectivity index (χ2v) is 4.89. The lowest BCUT2D eigenvalue weighted by atomic mass is 10.0. The summed E-state index contributed by atoms with van der Waals surface area (Å²) in [5.41, 5.74) is 3.11. The second kappa shape index (κ2) is 6.90. The molecule has 2 heteroatoms. The summed E-state index contributed by atoms with van der Waals surface area (Å²) < 4.78 is 5.09. The van der Waals surface area contributed by atoms with E-state index in [0.29, 0.717) is 6.42 Å². The molecular weight excluding hydrogens is 248 g/mol. The summed E-state index contributed by atoms with van der Waals surface area (Å²) in [5, 5.41) is 0. The first-order valence-corrected chi connectivity index (χ1v) is 6.98. The van der Waals surface area contributed by atoms with Crippen LogP contribution in [0.1, 0.15) is 34.8 Å². The number of methoxy groups -OCH3 is 1. The molecule has 0 fully saturated rings. The lowest BCUT2D eigenvalue weighted by Gasteiger charge is -2.05. The summed E-state index contributed by atoms with van der Waals surface area (Å²) in [7, 11) is 1.62. The highest BCUT2D eigenvalue weighted by atomic mass is 16.5. The minimum absolute atomic E-state index is 0.135. The summed E-state index contributed by atoms with van der Waals surface area (Å²) in [6.45, 7) is 2.17. The van der Waals surface area contributed by atoms with E-state index in [0.717, 1.165) is 29.7 Å². The molecule has 0 aliphatic heterocycles. The molecule has 20 heavy (non-hydrogen) atoms. The van der Waals surface area contributed by atoms with Gasteiger partial charge in [0.2, 0.25) is 0 Å². The van der Waals surface area contributed by atoms with Crippen molar-refractivity contribution >= 4 is 5.78 Å². The smallest absolute Gasteiger partial charge is 0.167 e. The monoisotopic (exact) mass is 268 g/mol. The molecule has 0 saturated heterocycles. The van der Waals surface area contributed by atoms with Crippen LogP contribution in [0.2, 0.25) is 0 Å². The van der Waals surface area contributed by atoms with Crippen molar-refractivity contribution in [3.8, 4) is 5.75 Å². The zero-order valence-corrected chi connectivity index (χ0v) is 12.1. The average Bonchev–Trinajstić information content (AvgIpc) is 2.49. The number of rotatable bonds is 6. The van der Waals surface area contributed by atoms with Crippen LogP contribution < -0.4 is 4.74 Å². The van der Waals surface area contributed by atoms with Gasteiger partial charge in [0.25, 0.3) is 0 Å². The standard InChI is InChI=1S/C18H20O2/c1-3-4-14-5-7-15(8-6-14)13-18(19)16-9-11-17(20-2)12-10-16/h5-12H,3-4,13H2,1-2H3. The van der Waals surface area contributed by atoms with E-state index in [-0.39, 0.29) is 5.78 Å². The van der Waals surface area contributed by atoms with Crippen LogP contribution in [0.15, 0.2) is 48.5 Å². The quantitative estimate of drug-likeness (QED) is 0.738. The Hall–Kier alpha value is -2.09. The van der Waals surface area contributed by atoms with Gasteiger partial charge in [-0.15, -0.1) is 0 Å². The number of Topliss-reactive ketones (excluding diaryl/α,β-unsaturated/α-hetero) is 1. The number of carbonyl (C=O) groups excluding carboxylic acids is 1. The normalized spacial score (nSPS) is 10.3. The Balaban J connectivity index is 2.02. The minimum Gasteiger partial charge on any atom is -0.497 e. The van der Waals surface area contributed by atoms with Crippen molar-refractivity contribution in [3.63, 3.8) is 0 Å². The van der Waals surface area contributed by atoms with E-state index in [1.807, 2.05) is 36.4 Å². The van der Waals surface area contributed by atoms with E-state index in [1.54, 1.807) is 7.11 Å². The van der Waals surface area contributed by atoms with Crippen LogP contribution in [0, 0.1) is 0 Å². The molecule has 0 atom stereocenters. The Morgan fingerprint density at radius 1 is 0.950 bits per heavy atom. The van der Waals surface area contributed by atoms with E-state index >= 15 is 0 Å². The first kappa shape index (κ1) is 14.3. The highest BCUT2D eigenvalue weighted by Crippen LogP contribution is 2.14. The molecule has 0 heterocycles. The Kier molecular flexibility index (Phi) is 4.94. The molecule has 0 aromatic heterocycles. The Morgan fingerprint density at radius 2 is 1.55 bits per heavy atom. The average molecular weight is 268 g/mol. The van der Waals surface area contributed by atoms with E-state index in [9.17, 15) is 4.79 Å². The summed E-state index contributed by atoms with van der Waals surface area (Å²) in [5.74, 6) is 0.904. The number of aryl methyl sites for hydroxylation is 1. The number of hydrogen-bond acceptors (Lipinski definition) is 2. The van der Waals surface area contributed by atoms with Crippen LogP contribution in [-0.4, -0.2) is 12.9 Å². The van der Waals surface area contributed by atoms with Crippen LogP contribution in [0.4, 0.5) is 0 Å². The Morgan fingerprint density at radius 3 is 2.10 bits per heavy atom. The van der Waals surface area contributed by atoms with E-state index < -0.39 is 0 Å². The van der Waals surface area contributed by atoms with Crippen LogP contribution in [0.3, 0.4) is 0 Å². The molecule has 0 amide bonds. The summed E-state index contributed by atoms with van der Waals surface area (Å²) in [6, 6.07) is 15.6. The second-order valence-electron chi connectivity index (χ2n) is 4.89. The molecule has 0 bridgehead atoms. The van der Waals surface area contributed by atoms with Crippen molar-refractivity contribution in [2.45, 2.75) is 26.2 Å². The number of carbonyl (C=O) groups is 1. The summed E-state index contributed by atoms with van der Waals surface area (Å²) >= 11 is 0. The van der Waals surface area contributed by atoms with E-state index in [1.165, 1.54) is 5.56 Å². The fourth-order valence-electron chi connectivity index (χ4n) is 2.18. The SMILES string of the molecule is CCCc1ccc(CC(=O)c2ccc(OC)cc2)cc1. The largest absolute Gasteiger partial charge is 0.497 e. The van der Waals surface area contributed by atoms with E-state index in [2.05, 4.69) is 19.1 Å². The zero-order valence-electron chi connectivity index (χ0n) is 12.1. The molecule has 0 radical (unpaired) electrons. The van der Waals surface area contributed by atoms with Crippen LogP contribution >= 0.6 is 0 Å². The lowest BCUT2D eigenvalue weighted by Crippen LogP contribution is -2.03. The van der Waals surface area contributed by atoms with Crippen molar-refractivity contribution in [2.75, 3.05) is 7.11 Å². The maximum atomic E-state index is 12.2. The third-order valence-electron chi connectivity index (χ3n) is 3.34. The first-order chi connectivity index (χ1) is 9.72. The number of hydrogen-bond donors (Lipinski definition) is 0. The molecule has 2 nitrogen and oxygen atoms in total. The van der Waals surface area contributed by atoms with Gasteiger partial charge < -0.3 is 4.74 Å². The van der Waals surface area contributed by atoms with Crippen molar-refractivity contribution in [3.05, 3.63) is 65.2 Å². The topological polar surface area (TPSA) is 26.3 Å². The maximum Gasteiger partial charge on any atom is 0.167 e. The molecule has 0 saturated carbocycles. The molecule has 0 aliphatic carbocycles. The first-order valence-electron chi connectivity index (χ1n) is 6.98. The van der Waals surface area contributed by atoms with Gasteiger partial charge in [-0.25, -0.2) is 0 Å². The van der Waals surface area contributed by atoms with Crippen molar-refractivity contribution in [1.29, 1.82) is 0 Å². The zero-order chi connectivity index (χ0) is 14.4.